The summed E-state index contributed by atoms with van der Waals surface area (Å²) in [7, 11) is 0. The number of aryl methyl sites for hydroxylation is 1. The smallest absolute Gasteiger partial charge is 0.220 e. The SMILES string of the molecule is Cc1nc(CNC(=O)CC23CC4CC(CC(C4)C2)C3)cs1. The van der Waals surface area contributed by atoms with Gasteiger partial charge >= 0.3 is 0 Å². The van der Waals surface area contributed by atoms with Crippen molar-refractivity contribution in [2.24, 2.45) is 23.2 Å². The van der Waals surface area contributed by atoms with Crippen LogP contribution in [-0.2, 0) is 11.3 Å². The van der Waals surface area contributed by atoms with Gasteiger partial charge in [-0.05, 0) is 68.6 Å². The van der Waals surface area contributed by atoms with Gasteiger partial charge in [-0.1, -0.05) is 0 Å². The number of nitrogens with one attached hydrogen (secondary N) is 1. The van der Waals surface area contributed by atoms with Gasteiger partial charge in [-0.15, -0.1) is 11.3 Å². The van der Waals surface area contributed by atoms with E-state index in [0.717, 1.165) is 34.9 Å². The van der Waals surface area contributed by atoms with Gasteiger partial charge in [0.25, 0.3) is 0 Å². The topological polar surface area (TPSA) is 42.0 Å². The van der Waals surface area contributed by atoms with Crippen LogP contribution in [0.1, 0.15) is 55.6 Å². The summed E-state index contributed by atoms with van der Waals surface area (Å²) in [5.74, 6) is 3.00. The Morgan fingerprint density at radius 2 is 1.90 bits per heavy atom. The molecule has 0 saturated heterocycles. The molecule has 21 heavy (non-hydrogen) atoms. The van der Waals surface area contributed by atoms with Crippen molar-refractivity contribution in [1.29, 1.82) is 0 Å². The highest BCUT2D eigenvalue weighted by Crippen LogP contribution is 2.61. The van der Waals surface area contributed by atoms with Gasteiger partial charge in [0.2, 0.25) is 5.91 Å². The number of nitrogens with zero attached hydrogens (tertiary/aromatic N) is 1. The fourth-order valence-corrected chi connectivity index (χ4v) is 6.20. The second-order valence-corrected chi connectivity index (χ2v) is 8.79. The Kier molecular flexibility index (Phi) is 3.32. The van der Waals surface area contributed by atoms with Crippen LogP contribution in [0.3, 0.4) is 0 Å². The lowest BCUT2D eigenvalue weighted by atomic mass is 9.49. The van der Waals surface area contributed by atoms with E-state index >= 15 is 0 Å². The molecule has 4 heteroatoms. The highest BCUT2D eigenvalue weighted by Gasteiger charge is 2.51. The van der Waals surface area contributed by atoms with Gasteiger partial charge in [-0.25, -0.2) is 4.98 Å². The zero-order valence-electron chi connectivity index (χ0n) is 12.7. The van der Waals surface area contributed by atoms with Gasteiger partial charge in [-0.3, -0.25) is 4.79 Å². The van der Waals surface area contributed by atoms with Crippen molar-refractivity contribution in [2.45, 2.75) is 58.4 Å². The largest absolute Gasteiger partial charge is 0.350 e. The molecule has 1 aromatic heterocycles. The van der Waals surface area contributed by atoms with Gasteiger partial charge in [0, 0.05) is 11.8 Å². The van der Waals surface area contributed by atoms with Crippen molar-refractivity contribution in [2.75, 3.05) is 0 Å². The Labute approximate surface area is 130 Å². The lowest BCUT2D eigenvalue weighted by Crippen LogP contribution is -2.47. The summed E-state index contributed by atoms with van der Waals surface area (Å²) >= 11 is 1.65. The van der Waals surface area contributed by atoms with Crippen molar-refractivity contribution < 1.29 is 4.79 Å². The molecular weight excluding hydrogens is 280 g/mol. The van der Waals surface area contributed by atoms with Crippen LogP contribution in [0.5, 0.6) is 0 Å². The fraction of sp³-hybridized carbons (Fsp3) is 0.765. The Balaban J connectivity index is 1.36. The third-order valence-corrected chi connectivity index (χ3v) is 6.66. The second-order valence-electron chi connectivity index (χ2n) is 7.73. The number of rotatable bonds is 4. The molecule has 0 atom stereocenters. The van der Waals surface area contributed by atoms with Gasteiger partial charge in [0.1, 0.15) is 0 Å². The van der Waals surface area contributed by atoms with E-state index in [-0.39, 0.29) is 5.91 Å². The summed E-state index contributed by atoms with van der Waals surface area (Å²) in [6.07, 6.45) is 9.00. The molecule has 0 aromatic carbocycles. The van der Waals surface area contributed by atoms with Crippen LogP contribution in [-0.4, -0.2) is 10.9 Å². The molecule has 3 nitrogen and oxygen atoms in total. The second kappa shape index (κ2) is 5.08. The summed E-state index contributed by atoms with van der Waals surface area (Å²) in [5, 5.41) is 6.20. The van der Waals surface area contributed by atoms with E-state index in [1.165, 1.54) is 38.5 Å². The Hall–Kier alpha value is -0.900. The first-order valence-electron chi connectivity index (χ1n) is 8.28. The van der Waals surface area contributed by atoms with Crippen LogP contribution in [0.15, 0.2) is 5.38 Å². The van der Waals surface area contributed by atoms with Crippen molar-refractivity contribution in [3.63, 3.8) is 0 Å². The molecular formula is C17H24N2OS. The molecule has 114 valence electrons. The molecule has 0 unspecified atom stereocenters. The summed E-state index contributed by atoms with van der Waals surface area (Å²) < 4.78 is 0. The number of hydrogen-bond acceptors (Lipinski definition) is 3. The average Bonchev–Trinajstić information content (AvgIpc) is 2.80. The number of carbonyl (C=O) groups is 1. The molecule has 1 heterocycles. The highest BCUT2D eigenvalue weighted by atomic mass is 32.1. The predicted octanol–water partition coefficient (Wildman–Crippen LogP) is 3.67. The van der Waals surface area contributed by atoms with Crippen LogP contribution in [0.25, 0.3) is 0 Å². The zero-order chi connectivity index (χ0) is 14.4. The number of aromatic nitrogens is 1. The predicted molar refractivity (Wildman–Crippen MR) is 83.9 cm³/mol. The van der Waals surface area contributed by atoms with Crippen molar-refractivity contribution in [3.05, 3.63) is 16.1 Å². The summed E-state index contributed by atoms with van der Waals surface area (Å²) in [6, 6.07) is 0. The van der Waals surface area contributed by atoms with Crippen molar-refractivity contribution in [3.8, 4) is 0 Å². The summed E-state index contributed by atoms with van der Waals surface area (Å²) in [6.45, 7) is 2.60. The molecule has 0 aliphatic heterocycles. The summed E-state index contributed by atoms with van der Waals surface area (Å²) in [4.78, 5) is 16.8. The molecule has 1 aromatic rings. The van der Waals surface area contributed by atoms with Crippen molar-refractivity contribution >= 4 is 17.2 Å². The van der Waals surface area contributed by atoms with E-state index in [4.69, 9.17) is 0 Å². The molecule has 0 spiro atoms. The monoisotopic (exact) mass is 304 g/mol. The van der Waals surface area contributed by atoms with Crippen LogP contribution in [0.2, 0.25) is 0 Å². The Morgan fingerprint density at radius 3 is 2.43 bits per heavy atom. The summed E-state index contributed by atoms with van der Waals surface area (Å²) in [5.41, 5.74) is 1.34. The fourth-order valence-electron chi connectivity index (χ4n) is 5.59. The molecule has 4 saturated carbocycles. The van der Waals surface area contributed by atoms with E-state index in [1.807, 2.05) is 12.3 Å². The molecule has 4 aliphatic carbocycles. The Morgan fingerprint density at radius 1 is 1.29 bits per heavy atom. The minimum atomic E-state index is 0.239. The molecule has 5 rings (SSSR count). The van der Waals surface area contributed by atoms with E-state index < -0.39 is 0 Å². The Bertz CT molecular complexity index is 515. The van der Waals surface area contributed by atoms with E-state index in [0.29, 0.717) is 12.0 Å². The lowest BCUT2D eigenvalue weighted by Gasteiger charge is -2.56. The standard InChI is InChI=1S/C17H24N2OS/c1-11-19-15(10-21-11)9-18-16(20)8-17-5-12-2-13(6-17)4-14(3-12)7-17/h10,12-14H,2-9H2,1H3,(H,18,20). The highest BCUT2D eigenvalue weighted by molar-refractivity contribution is 7.09. The van der Waals surface area contributed by atoms with Crippen molar-refractivity contribution in [1.82, 2.24) is 10.3 Å². The van der Waals surface area contributed by atoms with E-state index in [1.54, 1.807) is 11.3 Å². The average molecular weight is 304 g/mol. The molecule has 1 amide bonds. The lowest BCUT2D eigenvalue weighted by molar-refractivity contribution is -0.129. The van der Waals surface area contributed by atoms with E-state index in [9.17, 15) is 4.79 Å². The maximum absolute atomic E-state index is 12.4. The van der Waals surface area contributed by atoms with Gasteiger partial charge in [0.15, 0.2) is 0 Å². The maximum atomic E-state index is 12.4. The van der Waals surface area contributed by atoms with Crippen LogP contribution in [0.4, 0.5) is 0 Å². The number of thiazole rings is 1. The zero-order valence-corrected chi connectivity index (χ0v) is 13.5. The van der Waals surface area contributed by atoms with Crippen LogP contribution < -0.4 is 5.32 Å². The van der Waals surface area contributed by atoms with Gasteiger partial charge < -0.3 is 5.32 Å². The van der Waals surface area contributed by atoms with E-state index in [2.05, 4.69) is 10.3 Å². The minimum absolute atomic E-state index is 0.239. The first-order valence-corrected chi connectivity index (χ1v) is 9.16. The molecule has 4 aliphatic rings. The normalized spacial score (nSPS) is 36.9. The third kappa shape index (κ3) is 2.75. The number of carbonyl (C=O) groups excluding carboxylic acids is 1. The van der Waals surface area contributed by atoms with Gasteiger partial charge in [0.05, 0.1) is 17.2 Å². The molecule has 1 N–H and O–H groups in total. The first kappa shape index (κ1) is 13.7. The number of hydrogen-bond donors (Lipinski definition) is 1. The van der Waals surface area contributed by atoms with Crippen LogP contribution in [0, 0.1) is 30.1 Å². The van der Waals surface area contributed by atoms with Crippen LogP contribution >= 0.6 is 11.3 Å². The molecule has 4 fully saturated rings. The number of amides is 1. The maximum Gasteiger partial charge on any atom is 0.220 e. The third-order valence-electron chi connectivity index (χ3n) is 5.83. The quantitative estimate of drug-likeness (QED) is 0.922. The minimum Gasteiger partial charge on any atom is -0.350 e. The van der Waals surface area contributed by atoms with Gasteiger partial charge in [-0.2, -0.15) is 0 Å². The molecule has 4 bridgehead atoms. The molecule has 0 radical (unpaired) electrons. The first-order chi connectivity index (χ1) is 10.1.